The Hall–Kier alpha value is -2.00. The van der Waals surface area contributed by atoms with Gasteiger partial charge in [0.05, 0.1) is 7.11 Å². The molecule has 2 aromatic carbocycles. The molecule has 0 unspecified atom stereocenters. The molecule has 0 fully saturated rings. The molecule has 0 aliphatic heterocycles. The van der Waals surface area contributed by atoms with Gasteiger partial charge in [0.25, 0.3) is 0 Å². The highest BCUT2D eigenvalue weighted by Crippen LogP contribution is 2.29. The van der Waals surface area contributed by atoms with Crippen molar-refractivity contribution in [3.05, 3.63) is 59.2 Å². The molecule has 0 saturated carbocycles. The highest BCUT2D eigenvalue weighted by molar-refractivity contribution is 5.43. The second-order valence-corrected chi connectivity index (χ2v) is 6.11. The quantitative estimate of drug-likeness (QED) is 0.733. The summed E-state index contributed by atoms with van der Waals surface area (Å²) in [5.74, 6) is 1.60. The van der Waals surface area contributed by atoms with E-state index in [4.69, 9.17) is 9.47 Å². The van der Waals surface area contributed by atoms with Crippen LogP contribution in [0, 0.1) is 6.92 Å². The minimum atomic E-state index is 0.559. The summed E-state index contributed by atoms with van der Waals surface area (Å²) in [6.07, 6.45) is 2.19. The Morgan fingerprint density at radius 1 is 1.00 bits per heavy atom. The predicted molar refractivity (Wildman–Crippen MR) is 95.4 cm³/mol. The summed E-state index contributed by atoms with van der Waals surface area (Å²) in [6, 6.07) is 14.5. The first kappa shape index (κ1) is 17.4. The summed E-state index contributed by atoms with van der Waals surface area (Å²) in [7, 11) is 5.89. The van der Waals surface area contributed by atoms with E-state index in [9.17, 15) is 0 Å². The topological polar surface area (TPSA) is 21.7 Å². The minimum Gasteiger partial charge on any atom is -0.493 e. The van der Waals surface area contributed by atoms with Crippen LogP contribution in [0.1, 0.15) is 23.1 Å². The predicted octanol–water partition coefficient (Wildman–Crippen LogP) is 4.08. The van der Waals surface area contributed by atoms with E-state index in [1.807, 2.05) is 18.2 Å². The number of rotatable bonds is 8. The number of hydrogen-bond donors (Lipinski definition) is 0. The third-order valence-corrected chi connectivity index (χ3v) is 3.94. The van der Waals surface area contributed by atoms with Crippen LogP contribution in [0.3, 0.4) is 0 Å². The SMILES string of the molecule is COc1cc(CCCN(C)C)ccc1OCc1ccccc1C. The molecule has 0 atom stereocenters. The smallest absolute Gasteiger partial charge is 0.161 e. The zero-order chi connectivity index (χ0) is 16.7. The molecule has 0 amide bonds. The van der Waals surface area contributed by atoms with E-state index >= 15 is 0 Å². The first-order valence-electron chi connectivity index (χ1n) is 8.09. The van der Waals surface area contributed by atoms with E-state index in [-0.39, 0.29) is 0 Å². The molecule has 124 valence electrons. The lowest BCUT2D eigenvalue weighted by atomic mass is 10.1. The summed E-state index contributed by atoms with van der Waals surface area (Å²) in [6.45, 7) is 3.75. The fourth-order valence-corrected chi connectivity index (χ4v) is 2.51. The molecule has 3 heteroatoms. The summed E-state index contributed by atoms with van der Waals surface area (Å²) in [4.78, 5) is 2.21. The van der Waals surface area contributed by atoms with Crippen LogP contribution in [-0.4, -0.2) is 32.6 Å². The van der Waals surface area contributed by atoms with Crippen LogP contribution in [0.2, 0.25) is 0 Å². The Morgan fingerprint density at radius 2 is 1.78 bits per heavy atom. The van der Waals surface area contributed by atoms with Crippen LogP contribution in [0.25, 0.3) is 0 Å². The molecule has 0 heterocycles. The maximum Gasteiger partial charge on any atom is 0.161 e. The molecule has 0 aliphatic rings. The molecule has 0 saturated heterocycles. The second kappa shape index (κ2) is 8.59. The first-order chi connectivity index (χ1) is 11.1. The van der Waals surface area contributed by atoms with Gasteiger partial charge in [0.1, 0.15) is 6.61 Å². The molecule has 0 spiro atoms. The Morgan fingerprint density at radius 3 is 2.48 bits per heavy atom. The maximum absolute atomic E-state index is 5.96. The van der Waals surface area contributed by atoms with Crippen molar-refractivity contribution in [2.45, 2.75) is 26.4 Å². The van der Waals surface area contributed by atoms with E-state index in [1.54, 1.807) is 7.11 Å². The number of hydrogen-bond acceptors (Lipinski definition) is 3. The van der Waals surface area contributed by atoms with Gasteiger partial charge in [-0.25, -0.2) is 0 Å². The van der Waals surface area contributed by atoms with Gasteiger partial charge in [0, 0.05) is 0 Å². The fourth-order valence-electron chi connectivity index (χ4n) is 2.51. The summed E-state index contributed by atoms with van der Waals surface area (Å²) in [5.41, 5.74) is 3.73. The van der Waals surface area contributed by atoms with Crippen LogP contribution < -0.4 is 9.47 Å². The fraction of sp³-hybridized carbons (Fsp3) is 0.400. The highest BCUT2D eigenvalue weighted by Gasteiger charge is 2.07. The lowest BCUT2D eigenvalue weighted by Gasteiger charge is -2.14. The Labute approximate surface area is 139 Å². The Bertz CT molecular complexity index is 623. The van der Waals surface area contributed by atoms with Gasteiger partial charge < -0.3 is 14.4 Å². The standard InChI is InChI=1S/C20H27NO2/c1-16-8-5-6-10-18(16)15-23-19-12-11-17(14-20(19)22-4)9-7-13-21(2)3/h5-6,8,10-12,14H,7,9,13,15H2,1-4H3. The van der Waals surface area contributed by atoms with E-state index in [2.05, 4.69) is 50.2 Å². The highest BCUT2D eigenvalue weighted by atomic mass is 16.5. The van der Waals surface area contributed by atoms with Gasteiger partial charge in [0.2, 0.25) is 0 Å². The van der Waals surface area contributed by atoms with E-state index in [1.165, 1.54) is 16.7 Å². The van der Waals surface area contributed by atoms with Crippen LogP contribution in [0.5, 0.6) is 11.5 Å². The molecule has 0 aliphatic carbocycles. The van der Waals surface area contributed by atoms with Gasteiger partial charge in [-0.2, -0.15) is 0 Å². The molecule has 0 N–H and O–H groups in total. The van der Waals surface area contributed by atoms with Gasteiger partial charge in [0.15, 0.2) is 11.5 Å². The normalized spacial score (nSPS) is 10.8. The zero-order valence-electron chi connectivity index (χ0n) is 14.6. The lowest BCUT2D eigenvalue weighted by Crippen LogP contribution is -2.13. The Kier molecular flexibility index (Phi) is 6.48. The number of aryl methyl sites for hydroxylation is 2. The van der Waals surface area contributed by atoms with Crippen molar-refractivity contribution in [3.63, 3.8) is 0 Å². The number of ether oxygens (including phenoxy) is 2. The van der Waals surface area contributed by atoms with E-state index in [0.717, 1.165) is 30.9 Å². The molecule has 23 heavy (non-hydrogen) atoms. The van der Waals surface area contributed by atoms with Crippen LogP contribution in [0.15, 0.2) is 42.5 Å². The van der Waals surface area contributed by atoms with E-state index < -0.39 is 0 Å². The molecular weight excluding hydrogens is 286 g/mol. The molecular formula is C20H27NO2. The minimum absolute atomic E-state index is 0.559. The lowest BCUT2D eigenvalue weighted by molar-refractivity contribution is 0.283. The average molecular weight is 313 g/mol. The van der Waals surface area contributed by atoms with Crippen molar-refractivity contribution in [2.75, 3.05) is 27.7 Å². The number of nitrogens with zero attached hydrogens (tertiary/aromatic N) is 1. The summed E-state index contributed by atoms with van der Waals surface area (Å²) in [5, 5.41) is 0. The third kappa shape index (κ3) is 5.29. The molecule has 0 radical (unpaired) electrons. The molecule has 2 rings (SSSR count). The van der Waals surface area contributed by atoms with Gasteiger partial charge in [-0.1, -0.05) is 30.3 Å². The van der Waals surface area contributed by atoms with Crippen LogP contribution >= 0.6 is 0 Å². The number of methoxy groups -OCH3 is 1. The molecule has 0 bridgehead atoms. The van der Waals surface area contributed by atoms with Crippen molar-refractivity contribution >= 4 is 0 Å². The average Bonchev–Trinajstić information content (AvgIpc) is 2.54. The number of benzene rings is 2. The molecule has 2 aromatic rings. The van der Waals surface area contributed by atoms with Gasteiger partial charge in [-0.15, -0.1) is 0 Å². The van der Waals surface area contributed by atoms with Crippen molar-refractivity contribution in [1.29, 1.82) is 0 Å². The monoisotopic (exact) mass is 313 g/mol. The molecule has 3 nitrogen and oxygen atoms in total. The van der Waals surface area contributed by atoms with Crippen molar-refractivity contribution in [2.24, 2.45) is 0 Å². The summed E-state index contributed by atoms with van der Waals surface area (Å²) >= 11 is 0. The third-order valence-electron chi connectivity index (χ3n) is 3.94. The van der Waals surface area contributed by atoms with Gasteiger partial charge in [-0.05, 0) is 69.2 Å². The van der Waals surface area contributed by atoms with Crippen LogP contribution in [-0.2, 0) is 13.0 Å². The largest absolute Gasteiger partial charge is 0.493 e. The Balaban J connectivity index is 2.00. The van der Waals surface area contributed by atoms with Crippen molar-refractivity contribution < 1.29 is 9.47 Å². The van der Waals surface area contributed by atoms with Gasteiger partial charge in [-0.3, -0.25) is 0 Å². The second-order valence-electron chi connectivity index (χ2n) is 6.11. The van der Waals surface area contributed by atoms with Crippen molar-refractivity contribution in [3.8, 4) is 11.5 Å². The van der Waals surface area contributed by atoms with Crippen LogP contribution in [0.4, 0.5) is 0 Å². The maximum atomic E-state index is 5.96. The van der Waals surface area contributed by atoms with Gasteiger partial charge >= 0.3 is 0 Å². The van der Waals surface area contributed by atoms with E-state index in [0.29, 0.717) is 6.61 Å². The zero-order valence-corrected chi connectivity index (χ0v) is 14.6. The first-order valence-corrected chi connectivity index (χ1v) is 8.09. The molecule has 0 aromatic heterocycles. The summed E-state index contributed by atoms with van der Waals surface area (Å²) < 4.78 is 11.5. The van der Waals surface area contributed by atoms with Crippen molar-refractivity contribution in [1.82, 2.24) is 4.90 Å².